The summed E-state index contributed by atoms with van der Waals surface area (Å²) in [7, 11) is 0. The van der Waals surface area contributed by atoms with Crippen molar-refractivity contribution < 1.29 is 4.39 Å². The second kappa shape index (κ2) is 6.03. The third kappa shape index (κ3) is 3.84. The van der Waals surface area contributed by atoms with Crippen LogP contribution in [0.2, 0.25) is 0 Å². The smallest absolute Gasteiger partial charge is 0.122 e. The highest BCUT2D eigenvalue weighted by atomic mass is 32.1. The van der Waals surface area contributed by atoms with Gasteiger partial charge in [-0.25, -0.2) is 4.39 Å². The van der Waals surface area contributed by atoms with E-state index in [1.54, 1.807) is 6.92 Å². The first-order valence-electron chi connectivity index (χ1n) is 8.34. The van der Waals surface area contributed by atoms with Gasteiger partial charge in [0.05, 0.1) is 0 Å². The number of alkyl halides is 1. The van der Waals surface area contributed by atoms with Crippen LogP contribution in [0.3, 0.4) is 0 Å². The van der Waals surface area contributed by atoms with E-state index in [2.05, 4.69) is 62.1 Å². The Bertz CT molecular complexity index is 681. The predicted octanol–water partition coefficient (Wildman–Crippen LogP) is 5.65. The van der Waals surface area contributed by atoms with Crippen molar-refractivity contribution in [1.82, 2.24) is 4.90 Å². The van der Waals surface area contributed by atoms with Gasteiger partial charge in [0.1, 0.15) is 5.67 Å². The third-order valence-electron chi connectivity index (χ3n) is 4.52. The Kier molecular flexibility index (Phi) is 4.37. The van der Waals surface area contributed by atoms with Gasteiger partial charge in [-0.2, -0.15) is 0 Å². The maximum absolute atomic E-state index is 14.1. The van der Waals surface area contributed by atoms with Crippen LogP contribution in [0, 0.1) is 0 Å². The lowest BCUT2D eigenvalue weighted by Gasteiger charge is -2.19. The Labute approximate surface area is 143 Å². The van der Waals surface area contributed by atoms with Gasteiger partial charge in [0.15, 0.2) is 0 Å². The molecule has 1 fully saturated rings. The van der Waals surface area contributed by atoms with E-state index in [9.17, 15) is 4.39 Å². The molecule has 1 atom stereocenters. The number of benzene rings is 1. The van der Waals surface area contributed by atoms with Gasteiger partial charge < -0.3 is 0 Å². The van der Waals surface area contributed by atoms with Gasteiger partial charge in [-0.3, -0.25) is 4.90 Å². The summed E-state index contributed by atoms with van der Waals surface area (Å²) in [6, 6.07) is 13.0. The van der Waals surface area contributed by atoms with Crippen LogP contribution >= 0.6 is 11.3 Å². The number of likely N-dealkylation sites (tertiary alicyclic amines) is 1. The summed E-state index contributed by atoms with van der Waals surface area (Å²) in [5.41, 5.74) is 1.74. The van der Waals surface area contributed by atoms with E-state index < -0.39 is 5.67 Å². The number of halogens is 1. The fourth-order valence-corrected chi connectivity index (χ4v) is 4.30. The lowest BCUT2D eigenvalue weighted by molar-refractivity contribution is 0.186. The molecule has 1 saturated heterocycles. The molecular formula is C20H26FNS. The van der Waals surface area contributed by atoms with Crippen LogP contribution < -0.4 is 0 Å². The molecule has 2 heterocycles. The molecule has 1 aromatic heterocycles. The molecule has 1 aliphatic heterocycles. The maximum atomic E-state index is 14.1. The maximum Gasteiger partial charge on any atom is 0.122 e. The molecule has 0 bridgehead atoms. The minimum atomic E-state index is -1.03. The highest BCUT2D eigenvalue weighted by molar-refractivity contribution is 7.15. The number of hydrogen-bond donors (Lipinski definition) is 0. The molecule has 0 aliphatic carbocycles. The lowest BCUT2D eigenvalue weighted by atomic mass is 9.95. The van der Waals surface area contributed by atoms with E-state index in [1.165, 1.54) is 20.9 Å². The van der Waals surface area contributed by atoms with E-state index in [-0.39, 0.29) is 5.41 Å². The molecule has 23 heavy (non-hydrogen) atoms. The van der Waals surface area contributed by atoms with E-state index in [0.29, 0.717) is 13.0 Å². The fourth-order valence-electron chi connectivity index (χ4n) is 3.18. The molecule has 1 aromatic carbocycles. The highest BCUT2D eigenvalue weighted by Gasteiger charge is 2.33. The quantitative estimate of drug-likeness (QED) is 0.703. The largest absolute Gasteiger partial charge is 0.296 e. The monoisotopic (exact) mass is 331 g/mol. The molecule has 0 spiro atoms. The molecule has 0 radical (unpaired) electrons. The molecule has 3 heteroatoms. The molecule has 1 nitrogen and oxygen atoms in total. The molecule has 124 valence electrons. The summed E-state index contributed by atoms with van der Waals surface area (Å²) in [5, 5.41) is 0. The first-order chi connectivity index (χ1) is 10.7. The molecule has 3 rings (SSSR count). The van der Waals surface area contributed by atoms with Crippen LogP contribution in [0.1, 0.15) is 44.6 Å². The Hall–Kier alpha value is -1.19. The zero-order valence-corrected chi connectivity index (χ0v) is 15.3. The number of thiophene rings is 1. The van der Waals surface area contributed by atoms with Gasteiger partial charge in [-0.1, -0.05) is 45.0 Å². The Morgan fingerprint density at radius 3 is 2.52 bits per heavy atom. The summed E-state index contributed by atoms with van der Waals surface area (Å²) in [5.74, 6) is 0. The summed E-state index contributed by atoms with van der Waals surface area (Å²) in [6.07, 6.45) is 0.641. The first kappa shape index (κ1) is 16.7. The van der Waals surface area contributed by atoms with Crippen molar-refractivity contribution in [3.63, 3.8) is 0 Å². The van der Waals surface area contributed by atoms with Crippen LogP contribution in [-0.2, 0) is 12.0 Å². The number of rotatable bonds is 3. The second-order valence-electron chi connectivity index (χ2n) is 7.95. The lowest BCUT2D eigenvalue weighted by Crippen LogP contribution is -2.25. The van der Waals surface area contributed by atoms with Gasteiger partial charge in [-0.15, -0.1) is 11.3 Å². The van der Waals surface area contributed by atoms with Crippen LogP contribution in [-0.4, -0.2) is 23.7 Å². The van der Waals surface area contributed by atoms with Crippen molar-refractivity contribution in [2.24, 2.45) is 0 Å². The van der Waals surface area contributed by atoms with Crippen LogP contribution in [0.4, 0.5) is 4.39 Å². The summed E-state index contributed by atoms with van der Waals surface area (Å²) < 4.78 is 14.1. The van der Waals surface area contributed by atoms with E-state index in [1.807, 2.05) is 11.3 Å². The first-order valence-corrected chi connectivity index (χ1v) is 9.16. The Balaban J connectivity index is 1.85. The molecule has 0 amide bonds. The molecule has 1 unspecified atom stereocenters. The van der Waals surface area contributed by atoms with E-state index >= 15 is 0 Å². The summed E-state index contributed by atoms with van der Waals surface area (Å²) in [6.45, 7) is 10.7. The van der Waals surface area contributed by atoms with Crippen molar-refractivity contribution in [3.8, 4) is 10.4 Å². The van der Waals surface area contributed by atoms with E-state index in [4.69, 9.17) is 0 Å². The zero-order chi connectivity index (χ0) is 16.7. The summed E-state index contributed by atoms with van der Waals surface area (Å²) in [4.78, 5) is 4.95. The Morgan fingerprint density at radius 1 is 1.17 bits per heavy atom. The fraction of sp³-hybridized carbons (Fsp3) is 0.500. The molecule has 2 aromatic rings. The van der Waals surface area contributed by atoms with Gasteiger partial charge in [0.25, 0.3) is 0 Å². The summed E-state index contributed by atoms with van der Waals surface area (Å²) >= 11 is 1.87. The minimum absolute atomic E-state index is 0.183. The van der Waals surface area contributed by atoms with Gasteiger partial charge in [0, 0.05) is 29.4 Å². The predicted molar refractivity (Wildman–Crippen MR) is 97.9 cm³/mol. The molecule has 0 saturated carbocycles. The molecule has 0 N–H and O–H groups in total. The van der Waals surface area contributed by atoms with Crippen molar-refractivity contribution in [3.05, 3.63) is 46.8 Å². The van der Waals surface area contributed by atoms with Gasteiger partial charge >= 0.3 is 0 Å². The highest BCUT2D eigenvalue weighted by Crippen LogP contribution is 2.37. The van der Waals surface area contributed by atoms with Crippen molar-refractivity contribution in [1.29, 1.82) is 0 Å². The number of nitrogens with zero attached hydrogens (tertiary/aromatic N) is 1. The third-order valence-corrected chi connectivity index (χ3v) is 6.07. The van der Waals surface area contributed by atoms with Crippen molar-refractivity contribution in [2.45, 2.75) is 51.7 Å². The molecular weight excluding hydrogens is 305 g/mol. The van der Waals surface area contributed by atoms with Gasteiger partial charge in [-0.05, 0) is 42.0 Å². The van der Waals surface area contributed by atoms with Crippen molar-refractivity contribution in [2.75, 3.05) is 13.1 Å². The second-order valence-corrected chi connectivity index (χ2v) is 9.03. The van der Waals surface area contributed by atoms with Crippen molar-refractivity contribution >= 4 is 11.3 Å². The van der Waals surface area contributed by atoms with Gasteiger partial charge in [0.2, 0.25) is 0 Å². The molecule has 1 aliphatic rings. The number of hydrogen-bond acceptors (Lipinski definition) is 2. The van der Waals surface area contributed by atoms with Crippen LogP contribution in [0.5, 0.6) is 0 Å². The SMILES string of the molecule is CC1(F)CCN(Cc2ccccc2-c2ccc(C(C)(C)C)s2)C1. The van der Waals surface area contributed by atoms with Crippen LogP contribution in [0.15, 0.2) is 36.4 Å². The van der Waals surface area contributed by atoms with E-state index in [0.717, 1.165) is 13.1 Å². The average molecular weight is 332 g/mol. The topological polar surface area (TPSA) is 3.24 Å². The zero-order valence-electron chi connectivity index (χ0n) is 14.5. The standard InChI is InChI=1S/C20H26FNS/c1-19(2,3)18-10-9-17(23-18)16-8-6-5-7-15(16)13-22-12-11-20(4,21)14-22/h5-10H,11-14H2,1-4H3. The average Bonchev–Trinajstić information content (AvgIpc) is 3.06. The normalized spacial score (nSPS) is 22.7. The van der Waals surface area contributed by atoms with Crippen LogP contribution in [0.25, 0.3) is 10.4 Å². The Morgan fingerprint density at radius 2 is 1.91 bits per heavy atom. The minimum Gasteiger partial charge on any atom is -0.296 e.